The van der Waals surface area contributed by atoms with Crippen molar-refractivity contribution < 1.29 is 13.7 Å². The third kappa shape index (κ3) is 3.73. The molecule has 0 amide bonds. The van der Waals surface area contributed by atoms with E-state index in [-0.39, 0.29) is 0 Å². The Kier molecular flexibility index (Phi) is 5.44. The van der Waals surface area contributed by atoms with Gasteiger partial charge in [0, 0.05) is 43.3 Å². The second kappa shape index (κ2) is 9.37. The van der Waals surface area contributed by atoms with E-state index in [0.29, 0.717) is 0 Å². The summed E-state index contributed by atoms with van der Waals surface area (Å²) >= 11 is 0. The molecule has 0 spiro atoms. The molecule has 0 saturated carbocycles. The topological polar surface area (TPSA) is 36.5 Å². The van der Waals surface area contributed by atoms with Gasteiger partial charge in [-0.3, -0.25) is 0 Å². The molecule has 5 heteroatoms. The van der Waals surface area contributed by atoms with Crippen LogP contribution in [0.1, 0.15) is 45.2 Å². The number of aryl methyl sites for hydroxylation is 1. The molecule has 2 aromatic heterocycles. The Balaban J connectivity index is 1.33. The fraction of sp³-hybridized carbons (Fsp3) is 0.190. The molecule has 10 rings (SSSR count). The number of hydrogen-bond acceptors (Lipinski definition) is 3. The molecule has 0 unspecified atom stereocenters. The van der Waals surface area contributed by atoms with Crippen molar-refractivity contribution in [1.82, 2.24) is 4.57 Å². The molecule has 1 aliphatic carbocycles. The highest BCUT2D eigenvalue weighted by Gasteiger charge is 2.52. The molecule has 47 heavy (non-hydrogen) atoms. The first kappa shape index (κ1) is 27.3. The van der Waals surface area contributed by atoms with Crippen LogP contribution in [0, 0.1) is 0 Å². The lowest BCUT2D eigenvalue weighted by atomic mass is 9.78. The van der Waals surface area contributed by atoms with Crippen molar-refractivity contribution in [3.63, 3.8) is 0 Å². The number of allylic oxidation sites excluding steroid dienone is 1. The average Bonchev–Trinajstić information content (AvgIpc) is 3.69. The molecular weight excluding hydrogens is 577 g/mol. The number of fused-ring (bicyclic) bond motifs is 11. The van der Waals surface area contributed by atoms with Crippen LogP contribution in [0.15, 0.2) is 108 Å². The van der Waals surface area contributed by atoms with Gasteiger partial charge in [0.1, 0.15) is 11.2 Å². The first-order valence-corrected chi connectivity index (χ1v) is 16.7. The van der Waals surface area contributed by atoms with Crippen molar-refractivity contribution in [1.29, 1.82) is 0 Å². The van der Waals surface area contributed by atoms with Gasteiger partial charge in [0.15, 0.2) is 0 Å². The Labute approximate surface area is 273 Å². The summed E-state index contributed by atoms with van der Waals surface area (Å²) in [6, 6.07) is 35.4. The maximum Gasteiger partial charge on any atom is 0.498 e. The molecule has 4 nitrogen and oxygen atoms in total. The van der Waals surface area contributed by atoms with Gasteiger partial charge in [-0.1, -0.05) is 91.0 Å². The van der Waals surface area contributed by atoms with Gasteiger partial charge in [-0.15, -0.1) is 0 Å². The van der Waals surface area contributed by atoms with Gasteiger partial charge < -0.3 is 18.3 Å². The quantitative estimate of drug-likeness (QED) is 0.183. The predicted molar refractivity (Wildman–Crippen MR) is 196 cm³/mol. The summed E-state index contributed by atoms with van der Waals surface area (Å²) in [6.07, 6.45) is 6.78. The minimum Gasteiger partial charge on any atom is -0.456 e. The fourth-order valence-corrected chi connectivity index (χ4v) is 7.91. The van der Waals surface area contributed by atoms with Crippen LogP contribution in [-0.4, -0.2) is 22.9 Å². The lowest BCUT2D eigenvalue weighted by Crippen LogP contribution is -2.41. The Hall–Kier alpha value is -4.84. The number of furan rings is 1. The van der Waals surface area contributed by atoms with Crippen LogP contribution < -0.4 is 5.46 Å². The zero-order valence-electron chi connectivity index (χ0n) is 27.1. The summed E-state index contributed by atoms with van der Waals surface area (Å²) in [6.45, 7) is 8.37. The van der Waals surface area contributed by atoms with E-state index in [1.807, 2.05) is 0 Å². The van der Waals surface area contributed by atoms with Crippen molar-refractivity contribution in [2.45, 2.75) is 51.7 Å². The van der Waals surface area contributed by atoms with E-state index in [1.165, 1.54) is 43.7 Å². The summed E-state index contributed by atoms with van der Waals surface area (Å²) in [7, 11) is -0.515. The van der Waals surface area contributed by atoms with Gasteiger partial charge >= 0.3 is 7.12 Å². The molecular formula is C42H34BNO3. The standard InChI is InChI=1S/C42H34BNO3/c1-41(2)42(3,4)47-43(46-41)35-19-11-18-32-34-24-37(29-16-9-10-17-31(29)39(34)45-40(32)35)44-36-23-27-14-6-5-13-26(27)22-33(36)30-21-20-25-12-7-8-15-28(25)38(30)44/h5-6,8-11,13-24H,7,12H2,1-4H3. The van der Waals surface area contributed by atoms with Gasteiger partial charge in [0.25, 0.3) is 0 Å². The van der Waals surface area contributed by atoms with Crippen LogP contribution in [0.2, 0.25) is 0 Å². The highest BCUT2D eigenvalue weighted by Crippen LogP contribution is 2.44. The Morgan fingerprint density at radius 1 is 0.638 bits per heavy atom. The number of para-hydroxylation sites is 1. The molecule has 3 heterocycles. The van der Waals surface area contributed by atoms with Gasteiger partial charge in [-0.05, 0) is 75.1 Å². The SMILES string of the molecule is CC1(C)OB(c2cccc3c2oc2c4ccccc4c(-n4c5cc6ccccc6cc5c5ccc6c(c54)C=CCC6)cc32)OC1(C)C. The van der Waals surface area contributed by atoms with E-state index in [2.05, 4.69) is 141 Å². The number of aromatic nitrogens is 1. The van der Waals surface area contributed by atoms with E-state index in [4.69, 9.17) is 13.7 Å². The highest BCUT2D eigenvalue weighted by molar-refractivity contribution is 6.65. The molecule has 1 fully saturated rings. The van der Waals surface area contributed by atoms with Crippen LogP contribution in [0.5, 0.6) is 0 Å². The van der Waals surface area contributed by atoms with Crippen molar-refractivity contribution in [3.8, 4) is 5.69 Å². The molecule has 0 N–H and O–H groups in total. The van der Waals surface area contributed by atoms with E-state index >= 15 is 0 Å². The van der Waals surface area contributed by atoms with Crippen molar-refractivity contribution in [3.05, 3.63) is 114 Å². The van der Waals surface area contributed by atoms with E-state index in [0.717, 1.165) is 56.7 Å². The third-order valence-electron chi connectivity index (χ3n) is 11.1. The molecule has 8 aromatic rings. The average molecular weight is 612 g/mol. The summed E-state index contributed by atoms with van der Waals surface area (Å²) in [5.74, 6) is 0. The lowest BCUT2D eigenvalue weighted by molar-refractivity contribution is 0.00578. The third-order valence-corrected chi connectivity index (χ3v) is 11.1. The maximum absolute atomic E-state index is 6.86. The molecule has 0 atom stereocenters. The molecule has 1 aliphatic heterocycles. The molecule has 2 aliphatic rings. The monoisotopic (exact) mass is 611 g/mol. The highest BCUT2D eigenvalue weighted by atomic mass is 16.7. The van der Waals surface area contributed by atoms with Crippen LogP contribution in [-0.2, 0) is 15.7 Å². The molecule has 1 saturated heterocycles. The van der Waals surface area contributed by atoms with Gasteiger partial charge in [-0.25, -0.2) is 0 Å². The number of rotatable bonds is 2. The van der Waals surface area contributed by atoms with Crippen molar-refractivity contribution in [2.24, 2.45) is 0 Å². The van der Waals surface area contributed by atoms with Gasteiger partial charge in [0.2, 0.25) is 0 Å². The molecule has 0 bridgehead atoms. The Morgan fingerprint density at radius 2 is 1.34 bits per heavy atom. The summed E-state index contributed by atoms with van der Waals surface area (Å²) in [5, 5.41) is 9.43. The second-order valence-electron chi connectivity index (χ2n) is 14.3. The van der Waals surface area contributed by atoms with E-state index < -0.39 is 18.3 Å². The molecule has 0 radical (unpaired) electrons. The van der Waals surface area contributed by atoms with E-state index in [1.54, 1.807) is 0 Å². The predicted octanol–water partition coefficient (Wildman–Crippen LogP) is 10.2. The van der Waals surface area contributed by atoms with Crippen LogP contribution in [0.3, 0.4) is 0 Å². The smallest absolute Gasteiger partial charge is 0.456 e. The number of nitrogens with zero attached hydrogens (tertiary/aromatic N) is 1. The summed E-state index contributed by atoms with van der Waals surface area (Å²) in [5.41, 5.74) is 8.08. The number of benzene rings is 6. The van der Waals surface area contributed by atoms with Crippen LogP contribution in [0.4, 0.5) is 0 Å². The minimum atomic E-state index is -0.515. The Bertz CT molecular complexity index is 2640. The van der Waals surface area contributed by atoms with Crippen LogP contribution >= 0.6 is 0 Å². The van der Waals surface area contributed by atoms with Gasteiger partial charge in [0.05, 0.1) is 27.9 Å². The zero-order valence-corrected chi connectivity index (χ0v) is 27.1. The fourth-order valence-electron chi connectivity index (χ4n) is 7.91. The normalized spacial score (nSPS) is 17.2. The first-order chi connectivity index (χ1) is 22.8. The summed E-state index contributed by atoms with van der Waals surface area (Å²) in [4.78, 5) is 0. The zero-order chi connectivity index (χ0) is 31.7. The van der Waals surface area contributed by atoms with Crippen molar-refractivity contribution in [2.75, 3.05) is 0 Å². The molecule has 228 valence electrons. The largest absolute Gasteiger partial charge is 0.498 e. The summed E-state index contributed by atoms with van der Waals surface area (Å²) < 4.78 is 22.4. The maximum atomic E-state index is 6.86. The first-order valence-electron chi connectivity index (χ1n) is 16.7. The minimum absolute atomic E-state index is 0.444. The van der Waals surface area contributed by atoms with Gasteiger partial charge in [-0.2, -0.15) is 0 Å². The number of hydrogen-bond donors (Lipinski definition) is 0. The van der Waals surface area contributed by atoms with Crippen molar-refractivity contribution >= 4 is 83.9 Å². The lowest BCUT2D eigenvalue weighted by Gasteiger charge is -2.32. The second-order valence-corrected chi connectivity index (χ2v) is 14.3. The Morgan fingerprint density at radius 3 is 2.15 bits per heavy atom. The van der Waals surface area contributed by atoms with E-state index in [9.17, 15) is 0 Å². The molecule has 6 aromatic carbocycles. The van der Waals surface area contributed by atoms with Crippen LogP contribution in [0.25, 0.3) is 77.1 Å².